The van der Waals surface area contributed by atoms with Crippen LogP contribution in [0.3, 0.4) is 0 Å². The second kappa shape index (κ2) is 25.4. The van der Waals surface area contributed by atoms with Gasteiger partial charge in [0.2, 0.25) is 0 Å². The Morgan fingerprint density at radius 3 is 1.07 bits per heavy atom. The molecule has 0 heterocycles. The third-order valence-electron chi connectivity index (χ3n) is 3.25. The highest BCUT2D eigenvalue weighted by molar-refractivity contribution is 5.49. The predicted molar refractivity (Wildman–Crippen MR) is 101 cm³/mol. The zero-order valence-corrected chi connectivity index (χ0v) is 16.9. The number of hydrogen-bond donors (Lipinski definition) is 0. The monoisotopic (exact) mass is 394 g/mol. The SMILES string of the molecule is CCCCOCCOCCOCCOCCOCCOCCOCCC=O. The highest BCUT2D eigenvalue weighted by Gasteiger charge is 1.94. The Bertz CT molecular complexity index is 278. The van der Waals surface area contributed by atoms with Crippen molar-refractivity contribution < 1.29 is 38.0 Å². The first-order chi connectivity index (χ1) is 13.4. The first-order valence-electron chi connectivity index (χ1n) is 9.89. The summed E-state index contributed by atoms with van der Waals surface area (Å²) in [5, 5.41) is 0. The molecule has 0 saturated carbocycles. The molecular formula is C19H38O8. The number of unbranched alkanes of at least 4 members (excludes halogenated alkanes) is 1. The second-order valence-corrected chi connectivity index (χ2v) is 5.60. The van der Waals surface area contributed by atoms with Gasteiger partial charge >= 0.3 is 0 Å². The van der Waals surface area contributed by atoms with E-state index in [0.29, 0.717) is 92.3 Å². The number of ether oxygens (including phenoxy) is 7. The van der Waals surface area contributed by atoms with Gasteiger partial charge in [-0.15, -0.1) is 0 Å². The van der Waals surface area contributed by atoms with Crippen molar-refractivity contribution in [1.29, 1.82) is 0 Å². The van der Waals surface area contributed by atoms with Gasteiger partial charge in [-0.2, -0.15) is 0 Å². The van der Waals surface area contributed by atoms with E-state index in [0.717, 1.165) is 25.7 Å². The number of rotatable bonds is 24. The molecule has 0 atom stereocenters. The molecule has 8 nitrogen and oxygen atoms in total. The number of carbonyl (C=O) groups excluding carboxylic acids is 1. The smallest absolute Gasteiger partial charge is 0.122 e. The molecule has 0 saturated heterocycles. The van der Waals surface area contributed by atoms with Crippen LogP contribution in [0.15, 0.2) is 0 Å². The summed E-state index contributed by atoms with van der Waals surface area (Å²) in [6.07, 6.45) is 3.51. The third-order valence-corrected chi connectivity index (χ3v) is 3.25. The van der Waals surface area contributed by atoms with Crippen molar-refractivity contribution in [3.8, 4) is 0 Å². The molecule has 0 rings (SSSR count). The van der Waals surface area contributed by atoms with Gasteiger partial charge < -0.3 is 38.0 Å². The summed E-state index contributed by atoms with van der Waals surface area (Å²) in [6, 6.07) is 0. The molecular weight excluding hydrogens is 356 g/mol. The fourth-order valence-corrected chi connectivity index (χ4v) is 1.80. The zero-order chi connectivity index (χ0) is 19.7. The van der Waals surface area contributed by atoms with E-state index in [4.69, 9.17) is 33.2 Å². The highest BCUT2D eigenvalue weighted by Crippen LogP contribution is 1.88. The predicted octanol–water partition coefficient (Wildman–Crippen LogP) is 1.49. The van der Waals surface area contributed by atoms with Crippen LogP contribution in [-0.4, -0.2) is 98.8 Å². The summed E-state index contributed by atoms with van der Waals surface area (Å²) < 4.78 is 37.4. The van der Waals surface area contributed by atoms with Gasteiger partial charge in [-0.1, -0.05) is 13.3 Å². The van der Waals surface area contributed by atoms with Crippen molar-refractivity contribution in [3.63, 3.8) is 0 Å². The van der Waals surface area contributed by atoms with E-state index < -0.39 is 0 Å². The Hall–Kier alpha value is -0.610. The summed E-state index contributed by atoms with van der Waals surface area (Å²) in [5.74, 6) is 0. The lowest BCUT2D eigenvalue weighted by molar-refractivity contribution is -0.108. The molecule has 0 aromatic rings. The average molecular weight is 395 g/mol. The molecule has 0 aromatic heterocycles. The van der Waals surface area contributed by atoms with E-state index in [9.17, 15) is 4.79 Å². The van der Waals surface area contributed by atoms with Crippen LogP contribution in [-0.2, 0) is 38.0 Å². The maximum Gasteiger partial charge on any atom is 0.122 e. The quantitative estimate of drug-likeness (QED) is 0.180. The number of carbonyl (C=O) groups is 1. The van der Waals surface area contributed by atoms with Crippen molar-refractivity contribution in [2.75, 3.05) is 92.5 Å². The van der Waals surface area contributed by atoms with Crippen LogP contribution in [0.2, 0.25) is 0 Å². The van der Waals surface area contributed by atoms with E-state index in [1.165, 1.54) is 0 Å². The third kappa shape index (κ3) is 25.4. The lowest BCUT2D eigenvalue weighted by Crippen LogP contribution is -2.14. The molecule has 0 spiro atoms. The van der Waals surface area contributed by atoms with Gasteiger partial charge in [-0.25, -0.2) is 0 Å². The summed E-state index contributed by atoms with van der Waals surface area (Å²) >= 11 is 0. The van der Waals surface area contributed by atoms with Gasteiger partial charge in [-0.3, -0.25) is 0 Å². The lowest BCUT2D eigenvalue weighted by Gasteiger charge is -2.08. The van der Waals surface area contributed by atoms with Crippen molar-refractivity contribution in [3.05, 3.63) is 0 Å². The summed E-state index contributed by atoms with van der Waals surface area (Å²) in [6.45, 7) is 9.97. The average Bonchev–Trinajstić information content (AvgIpc) is 2.68. The molecule has 0 radical (unpaired) electrons. The van der Waals surface area contributed by atoms with E-state index in [1.807, 2.05) is 0 Å². The molecule has 0 aliphatic rings. The highest BCUT2D eigenvalue weighted by atomic mass is 16.6. The van der Waals surface area contributed by atoms with Crippen LogP contribution in [0.5, 0.6) is 0 Å². The first-order valence-corrected chi connectivity index (χ1v) is 9.89. The van der Waals surface area contributed by atoms with Crippen LogP contribution in [0, 0.1) is 0 Å². The molecule has 0 bridgehead atoms. The van der Waals surface area contributed by atoms with Crippen molar-refractivity contribution >= 4 is 6.29 Å². The fourth-order valence-electron chi connectivity index (χ4n) is 1.80. The Morgan fingerprint density at radius 1 is 0.481 bits per heavy atom. The van der Waals surface area contributed by atoms with Crippen molar-refractivity contribution in [2.24, 2.45) is 0 Å². The molecule has 0 aliphatic carbocycles. The van der Waals surface area contributed by atoms with E-state index in [2.05, 4.69) is 6.92 Å². The second-order valence-electron chi connectivity index (χ2n) is 5.60. The molecule has 0 amide bonds. The van der Waals surface area contributed by atoms with Gasteiger partial charge in [0.05, 0.1) is 85.9 Å². The van der Waals surface area contributed by atoms with E-state index >= 15 is 0 Å². The molecule has 0 N–H and O–H groups in total. The molecule has 8 heteroatoms. The minimum Gasteiger partial charge on any atom is -0.379 e. The van der Waals surface area contributed by atoms with Gasteiger partial charge in [0.1, 0.15) is 6.29 Å². The van der Waals surface area contributed by atoms with Gasteiger partial charge in [0.15, 0.2) is 0 Å². The van der Waals surface area contributed by atoms with Crippen LogP contribution in [0.25, 0.3) is 0 Å². The van der Waals surface area contributed by atoms with Crippen LogP contribution < -0.4 is 0 Å². The summed E-state index contributed by atoms with van der Waals surface area (Å²) in [4.78, 5) is 10.1. The molecule has 27 heavy (non-hydrogen) atoms. The molecule has 0 aliphatic heterocycles. The standard InChI is InChI=1S/C19H38O8/c1-2-3-6-21-8-10-23-12-14-25-16-18-27-19-17-26-15-13-24-11-9-22-7-4-5-20/h5H,2-4,6-19H2,1H3. The largest absolute Gasteiger partial charge is 0.379 e. The first kappa shape index (κ1) is 26.4. The summed E-state index contributed by atoms with van der Waals surface area (Å²) in [5.41, 5.74) is 0. The van der Waals surface area contributed by atoms with E-state index in [1.54, 1.807) is 0 Å². The molecule has 162 valence electrons. The topological polar surface area (TPSA) is 81.7 Å². The maximum atomic E-state index is 10.1. The fraction of sp³-hybridized carbons (Fsp3) is 0.947. The van der Waals surface area contributed by atoms with Gasteiger partial charge in [0.25, 0.3) is 0 Å². The minimum absolute atomic E-state index is 0.427. The van der Waals surface area contributed by atoms with Crippen LogP contribution >= 0.6 is 0 Å². The lowest BCUT2D eigenvalue weighted by atomic mass is 10.4. The maximum absolute atomic E-state index is 10.1. The Morgan fingerprint density at radius 2 is 0.778 bits per heavy atom. The van der Waals surface area contributed by atoms with Crippen molar-refractivity contribution in [1.82, 2.24) is 0 Å². The number of hydrogen-bond acceptors (Lipinski definition) is 8. The Balaban J connectivity index is 2.96. The zero-order valence-electron chi connectivity index (χ0n) is 16.9. The molecule has 0 fully saturated rings. The van der Waals surface area contributed by atoms with Gasteiger partial charge in [-0.05, 0) is 6.42 Å². The van der Waals surface area contributed by atoms with Crippen LogP contribution in [0.1, 0.15) is 26.2 Å². The van der Waals surface area contributed by atoms with Crippen molar-refractivity contribution in [2.45, 2.75) is 26.2 Å². The Kier molecular flexibility index (Phi) is 24.8. The molecule has 0 aromatic carbocycles. The Labute approximate surface area is 163 Å². The minimum atomic E-state index is 0.427. The summed E-state index contributed by atoms with van der Waals surface area (Å²) in [7, 11) is 0. The normalized spacial score (nSPS) is 11.1. The molecule has 0 unspecified atom stereocenters. The van der Waals surface area contributed by atoms with Gasteiger partial charge in [0, 0.05) is 13.0 Å². The van der Waals surface area contributed by atoms with E-state index in [-0.39, 0.29) is 0 Å². The number of aldehydes is 1. The van der Waals surface area contributed by atoms with Crippen LogP contribution in [0.4, 0.5) is 0 Å².